The summed E-state index contributed by atoms with van der Waals surface area (Å²) in [6.45, 7) is 11.2. The molecule has 2 saturated carbocycles. The van der Waals surface area contributed by atoms with Crippen molar-refractivity contribution in [2.75, 3.05) is 11.3 Å². The van der Waals surface area contributed by atoms with E-state index in [4.69, 9.17) is 4.98 Å². The maximum atomic E-state index is 14.1. The normalized spacial score (nSPS) is 18.3. The lowest BCUT2D eigenvalue weighted by atomic mass is 9.75. The molecule has 1 aromatic heterocycles. The molecule has 1 spiro atoms. The Kier molecular flexibility index (Phi) is 8.57. The predicted octanol–water partition coefficient (Wildman–Crippen LogP) is 7.25. The molecular formula is C37H43N4O3S-. The van der Waals surface area contributed by atoms with Crippen LogP contribution in [0, 0.1) is 19.3 Å². The van der Waals surface area contributed by atoms with Crippen molar-refractivity contribution in [2.45, 2.75) is 90.5 Å². The minimum Gasteiger partial charge on any atom is -0.755 e. The Bertz CT molecular complexity index is 1660. The zero-order valence-corrected chi connectivity index (χ0v) is 27.7. The number of allylic oxidation sites excluding steroid dienone is 2. The Morgan fingerprint density at radius 2 is 1.78 bits per heavy atom. The highest BCUT2D eigenvalue weighted by molar-refractivity contribution is 7.80. The topological polar surface area (TPSA) is 98.2 Å². The van der Waals surface area contributed by atoms with E-state index in [9.17, 15) is 13.6 Å². The molecule has 0 bridgehead atoms. The fourth-order valence-electron chi connectivity index (χ4n) is 6.99. The van der Waals surface area contributed by atoms with E-state index in [1.807, 2.05) is 56.3 Å². The number of hydrogen-bond acceptors (Lipinski definition) is 5. The van der Waals surface area contributed by atoms with Crippen LogP contribution in [0.15, 0.2) is 72.3 Å². The predicted molar refractivity (Wildman–Crippen MR) is 179 cm³/mol. The lowest BCUT2D eigenvalue weighted by molar-refractivity contribution is -0.132. The van der Waals surface area contributed by atoms with E-state index in [0.717, 1.165) is 47.1 Å². The van der Waals surface area contributed by atoms with E-state index < -0.39 is 11.3 Å². The summed E-state index contributed by atoms with van der Waals surface area (Å²) in [5.74, 6) is -0.0882. The van der Waals surface area contributed by atoms with Gasteiger partial charge in [-0.2, -0.15) is 0 Å². The molecule has 236 valence electrons. The van der Waals surface area contributed by atoms with Crippen LogP contribution >= 0.6 is 0 Å². The molecule has 0 saturated heterocycles. The second-order valence-corrected chi connectivity index (χ2v) is 14.9. The zero-order valence-electron chi connectivity index (χ0n) is 26.9. The zero-order chi connectivity index (χ0) is 31.9. The minimum absolute atomic E-state index is 0.0338. The van der Waals surface area contributed by atoms with Crippen LogP contribution in [0.3, 0.4) is 0 Å². The number of hydrogen-bond donors (Lipinski definition) is 1. The van der Waals surface area contributed by atoms with E-state index in [-0.39, 0.29) is 29.2 Å². The highest BCUT2D eigenvalue weighted by atomic mass is 32.2. The third-order valence-corrected chi connectivity index (χ3v) is 10.2. The van der Waals surface area contributed by atoms with Gasteiger partial charge in [-0.25, -0.2) is 9.97 Å². The molecule has 3 aromatic rings. The average Bonchev–Trinajstić information content (AvgIpc) is 3.57. The Balaban J connectivity index is 1.43. The van der Waals surface area contributed by atoms with Crippen LogP contribution in [-0.4, -0.2) is 42.1 Å². The van der Waals surface area contributed by atoms with E-state index in [2.05, 4.69) is 59.6 Å². The number of benzene rings is 2. The molecule has 2 atom stereocenters. The second kappa shape index (κ2) is 12.3. The fourth-order valence-corrected chi connectivity index (χ4v) is 7.23. The van der Waals surface area contributed by atoms with Crippen LogP contribution in [0.5, 0.6) is 0 Å². The van der Waals surface area contributed by atoms with E-state index in [1.165, 1.54) is 18.4 Å². The van der Waals surface area contributed by atoms with Crippen LogP contribution in [0.2, 0.25) is 0 Å². The molecule has 1 amide bonds. The maximum absolute atomic E-state index is 14.1. The Hall–Kier alpha value is -3.62. The van der Waals surface area contributed by atoms with Gasteiger partial charge in [0.25, 0.3) is 5.91 Å². The van der Waals surface area contributed by atoms with Gasteiger partial charge in [0.05, 0.1) is 11.4 Å². The highest BCUT2D eigenvalue weighted by Gasteiger charge is 2.55. The summed E-state index contributed by atoms with van der Waals surface area (Å²) in [5.41, 5.74) is 8.04. The van der Waals surface area contributed by atoms with E-state index in [1.54, 1.807) is 0 Å². The largest absolute Gasteiger partial charge is 0.755 e. The van der Waals surface area contributed by atoms with E-state index in [0.29, 0.717) is 29.8 Å². The third-order valence-electron chi connectivity index (χ3n) is 9.81. The molecule has 2 unspecified atom stereocenters. The van der Waals surface area contributed by atoms with Gasteiger partial charge in [-0.3, -0.25) is 13.7 Å². The summed E-state index contributed by atoms with van der Waals surface area (Å²) >= 11 is -2.59. The summed E-state index contributed by atoms with van der Waals surface area (Å²) in [6.07, 6.45) is 12.0. The van der Waals surface area contributed by atoms with Crippen LogP contribution in [0.25, 0.3) is 11.3 Å². The first-order chi connectivity index (χ1) is 21.4. The van der Waals surface area contributed by atoms with Gasteiger partial charge in [-0.05, 0) is 91.5 Å². The van der Waals surface area contributed by atoms with Crippen LogP contribution in [-0.2, 0) is 27.9 Å². The van der Waals surface area contributed by atoms with Gasteiger partial charge in [0.2, 0.25) is 5.95 Å². The first kappa shape index (κ1) is 31.4. The lowest BCUT2D eigenvalue weighted by Gasteiger charge is -2.45. The average molecular weight is 624 g/mol. The Morgan fingerprint density at radius 1 is 1.09 bits per heavy atom. The molecular weight excluding hydrogens is 580 g/mol. The molecule has 1 heterocycles. The first-order valence-corrected chi connectivity index (χ1v) is 17.1. The molecule has 3 aliphatic carbocycles. The number of nitrogens with zero attached hydrogens (tertiary/aromatic N) is 3. The molecule has 8 heteroatoms. The number of aromatic nitrogens is 2. The molecule has 6 rings (SSSR count). The minimum atomic E-state index is -2.59. The highest BCUT2D eigenvalue weighted by Crippen LogP contribution is 2.62. The van der Waals surface area contributed by atoms with Crippen molar-refractivity contribution in [1.29, 1.82) is 0 Å². The van der Waals surface area contributed by atoms with Gasteiger partial charge in [-0.15, -0.1) is 0 Å². The maximum Gasteiger partial charge on any atom is 0.253 e. The number of anilines is 1. The molecule has 7 nitrogen and oxygen atoms in total. The summed E-state index contributed by atoms with van der Waals surface area (Å²) < 4.78 is 26.0. The Morgan fingerprint density at radius 3 is 2.36 bits per heavy atom. The quantitative estimate of drug-likeness (QED) is 0.240. The molecule has 1 N–H and O–H groups in total. The van der Waals surface area contributed by atoms with Gasteiger partial charge >= 0.3 is 0 Å². The SMILES string of the molecule is Cc1cccc(C)c1-c1cc(C(Cc2ccc(C(C)(C)C)cc2)CN(C(=O)C2=CCC=C2)C2CC3(CC3)C2)nc(NS(=O)[O-])n1. The molecule has 45 heavy (non-hydrogen) atoms. The van der Waals surface area contributed by atoms with Gasteiger partial charge in [0.1, 0.15) is 0 Å². The van der Waals surface area contributed by atoms with Crippen molar-refractivity contribution in [3.8, 4) is 11.3 Å². The molecule has 2 fully saturated rings. The first-order valence-electron chi connectivity index (χ1n) is 16.0. The molecule has 2 aromatic carbocycles. The number of rotatable bonds is 10. The standard InChI is InChI=1S/C37H44N4O3S/c1-24-9-8-10-25(2)33(24)32-20-31(38-35(39-32)40-45(43)44)28(19-26-13-15-29(16-14-26)36(3,4)5)23-41(30-21-37(22-30)17-18-37)34(42)27-11-6-7-12-27/h6,8-16,20,28,30H,7,17-19,21-23H2,1-5H3,(H,43,44)(H,38,39,40)/p-1. The summed E-state index contributed by atoms with van der Waals surface area (Å²) in [4.78, 5) is 25.6. The summed E-state index contributed by atoms with van der Waals surface area (Å²) in [5, 5.41) is 0. The number of carbonyl (C=O) groups is 1. The van der Waals surface area contributed by atoms with Gasteiger partial charge in [0.15, 0.2) is 0 Å². The second-order valence-electron chi connectivity index (χ2n) is 14.3. The number of carbonyl (C=O) groups excluding carboxylic acids is 1. The summed E-state index contributed by atoms with van der Waals surface area (Å²) in [6, 6.07) is 17.0. The third kappa shape index (κ3) is 6.97. The van der Waals surface area contributed by atoms with Gasteiger partial charge in [-0.1, -0.05) is 81.5 Å². The van der Waals surface area contributed by atoms with Gasteiger partial charge in [0, 0.05) is 40.9 Å². The van der Waals surface area contributed by atoms with Crippen LogP contribution in [0.1, 0.15) is 86.7 Å². The molecule has 0 aliphatic heterocycles. The fraction of sp³-hybridized carbons (Fsp3) is 0.432. The number of amides is 1. The smallest absolute Gasteiger partial charge is 0.253 e. The summed E-state index contributed by atoms with van der Waals surface area (Å²) in [7, 11) is 0. The van der Waals surface area contributed by atoms with Crippen molar-refractivity contribution in [2.24, 2.45) is 5.41 Å². The van der Waals surface area contributed by atoms with E-state index >= 15 is 0 Å². The van der Waals surface area contributed by atoms with Gasteiger partial charge < -0.3 is 9.45 Å². The van der Waals surface area contributed by atoms with Crippen molar-refractivity contribution in [3.63, 3.8) is 0 Å². The Labute approximate surface area is 269 Å². The van der Waals surface area contributed by atoms with Crippen molar-refractivity contribution >= 4 is 23.1 Å². The monoisotopic (exact) mass is 623 g/mol. The molecule has 0 radical (unpaired) electrons. The lowest BCUT2D eigenvalue weighted by Crippen LogP contribution is -2.50. The van der Waals surface area contributed by atoms with Crippen LogP contribution < -0.4 is 4.72 Å². The van der Waals surface area contributed by atoms with Crippen molar-refractivity contribution in [1.82, 2.24) is 14.9 Å². The van der Waals surface area contributed by atoms with Crippen molar-refractivity contribution < 1.29 is 13.6 Å². The number of aryl methyl sites for hydroxylation is 2. The molecule has 3 aliphatic rings. The van der Waals surface area contributed by atoms with Crippen LogP contribution in [0.4, 0.5) is 5.95 Å². The van der Waals surface area contributed by atoms with Crippen molar-refractivity contribution in [3.05, 3.63) is 100 Å². The number of nitrogens with one attached hydrogen (secondary N) is 1.